The highest BCUT2D eigenvalue weighted by molar-refractivity contribution is 7.85. The number of anilines is 1. The van der Waals surface area contributed by atoms with Crippen LogP contribution >= 0.6 is 0 Å². The largest absolute Gasteiger partial charge is 0.494 e. The Labute approximate surface area is 131 Å². The smallest absolute Gasteiger partial charge is 0.264 e. The number of carbonyl (C=O) groups is 1. The van der Waals surface area contributed by atoms with Crippen molar-refractivity contribution in [1.29, 1.82) is 0 Å². The molecule has 1 heterocycles. The van der Waals surface area contributed by atoms with Gasteiger partial charge in [0, 0.05) is 24.6 Å². The molecule has 1 aromatic carbocycles. The fourth-order valence-corrected chi connectivity index (χ4v) is 2.74. The van der Waals surface area contributed by atoms with E-state index < -0.39 is 10.1 Å². The lowest BCUT2D eigenvalue weighted by atomic mass is 10.1. The molecule has 122 valence electrons. The van der Waals surface area contributed by atoms with Crippen molar-refractivity contribution in [3.63, 3.8) is 0 Å². The standard InChI is InChI=1S/C15H21NO5S/c1-3-8-20-14-6-4-13(5-7-14)16-10-12(9-15(16)17)11-21-22(2,18)19/h4-7,12H,3,8-11H2,1-2H3. The molecule has 1 atom stereocenters. The number of rotatable bonds is 7. The third-order valence-electron chi connectivity index (χ3n) is 3.34. The Balaban J connectivity index is 1.96. The number of hydrogen-bond acceptors (Lipinski definition) is 5. The van der Waals surface area contributed by atoms with E-state index in [2.05, 4.69) is 0 Å². The van der Waals surface area contributed by atoms with Crippen LogP contribution in [-0.2, 0) is 19.1 Å². The van der Waals surface area contributed by atoms with Crippen molar-refractivity contribution in [3.8, 4) is 5.75 Å². The van der Waals surface area contributed by atoms with E-state index in [1.54, 1.807) is 4.90 Å². The molecule has 22 heavy (non-hydrogen) atoms. The maximum absolute atomic E-state index is 12.1. The number of hydrogen-bond donors (Lipinski definition) is 0. The van der Waals surface area contributed by atoms with Crippen LogP contribution in [-0.4, -0.2) is 40.3 Å². The molecule has 6 nitrogen and oxygen atoms in total. The topological polar surface area (TPSA) is 72.9 Å². The van der Waals surface area contributed by atoms with Crippen LogP contribution in [0.15, 0.2) is 24.3 Å². The first-order chi connectivity index (χ1) is 10.4. The number of benzene rings is 1. The molecule has 2 rings (SSSR count). The van der Waals surface area contributed by atoms with Gasteiger partial charge in [-0.3, -0.25) is 8.98 Å². The molecular formula is C15H21NO5S. The molecule has 1 amide bonds. The van der Waals surface area contributed by atoms with Gasteiger partial charge in [0.15, 0.2) is 0 Å². The molecule has 7 heteroatoms. The molecule has 1 aliphatic rings. The first-order valence-electron chi connectivity index (χ1n) is 7.26. The summed E-state index contributed by atoms with van der Waals surface area (Å²) >= 11 is 0. The number of ether oxygens (including phenoxy) is 1. The summed E-state index contributed by atoms with van der Waals surface area (Å²) in [6.45, 7) is 3.20. The lowest BCUT2D eigenvalue weighted by Crippen LogP contribution is -2.25. The van der Waals surface area contributed by atoms with Crippen molar-refractivity contribution in [2.24, 2.45) is 5.92 Å². The van der Waals surface area contributed by atoms with E-state index in [-0.39, 0.29) is 18.4 Å². The number of nitrogens with zero attached hydrogens (tertiary/aromatic N) is 1. The second kappa shape index (κ2) is 7.11. The molecule has 0 N–H and O–H groups in total. The molecule has 0 radical (unpaired) electrons. The summed E-state index contributed by atoms with van der Waals surface area (Å²) in [6.07, 6.45) is 2.24. The average molecular weight is 327 g/mol. The molecule has 0 aliphatic carbocycles. The quantitative estimate of drug-likeness (QED) is 0.714. The molecule has 0 aromatic heterocycles. The second-order valence-corrected chi connectivity index (χ2v) is 7.05. The van der Waals surface area contributed by atoms with Crippen LogP contribution in [0.1, 0.15) is 19.8 Å². The zero-order chi connectivity index (χ0) is 16.2. The molecule has 0 bridgehead atoms. The highest BCUT2D eigenvalue weighted by Crippen LogP contribution is 2.27. The van der Waals surface area contributed by atoms with Gasteiger partial charge in [0.2, 0.25) is 5.91 Å². The van der Waals surface area contributed by atoms with Gasteiger partial charge < -0.3 is 9.64 Å². The van der Waals surface area contributed by atoms with Gasteiger partial charge in [-0.25, -0.2) is 0 Å². The van der Waals surface area contributed by atoms with Gasteiger partial charge in [-0.2, -0.15) is 8.42 Å². The summed E-state index contributed by atoms with van der Waals surface area (Å²) in [5, 5.41) is 0. The van der Waals surface area contributed by atoms with Gasteiger partial charge in [-0.15, -0.1) is 0 Å². The van der Waals surface area contributed by atoms with E-state index in [0.29, 0.717) is 19.6 Å². The van der Waals surface area contributed by atoms with E-state index in [1.165, 1.54) is 0 Å². The van der Waals surface area contributed by atoms with Gasteiger partial charge in [-0.1, -0.05) is 6.92 Å². The number of carbonyl (C=O) groups excluding carboxylic acids is 1. The Bertz CT molecular complexity index is 611. The summed E-state index contributed by atoms with van der Waals surface area (Å²) in [5.41, 5.74) is 0.788. The fraction of sp³-hybridized carbons (Fsp3) is 0.533. The van der Waals surface area contributed by atoms with Crippen molar-refractivity contribution in [1.82, 2.24) is 0 Å². The predicted octanol–water partition coefficient (Wildman–Crippen LogP) is 1.80. The van der Waals surface area contributed by atoms with Gasteiger partial charge in [-0.05, 0) is 30.7 Å². The maximum atomic E-state index is 12.1. The molecule has 1 unspecified atom stereocenters. The molecule has 1 fully saturated rings. The lowest BCUT2D eigenvalue weighted by molar-refractivity contribution is -0.117. The average Bonchev–Trinajstić information content (AvgIpc) is 2.84. The van der Waals surface area contributed by atoms with Crippen LogP contribution in [0.4, 0.5) is 5.69 Å². The van der Waals surface area contributed by atoms with E-state index in [0.717, 1.165) is 24.1 Å². The van der Waals surface area contributed by atoms with E-state index in [1.807, 2.05) is 31.2 Å². The van der Waals surface area contributed by atoms with Crippen LogP contribution in [0.3, 0.4) is 0 Å². The van der Waals surface area contributed by atoms with Crippen molar-refractivity contribution in [3.05, 3.63) is 24.3 Å². The Hall–Kier alpha value is -1.60. The maximum Gasteiger partial charge on any atom is 0.264 e. The van der Waals surface area contributed by atoms with Crippen LogP contribution in [0.25, 0.3) is 0 Å². The molecule has 1 saturated heterocycles. The Morgan fingerprint density at radius 2 is 1.95 bits per heavy atom. The zero-order valence-electron chi connectivity index (χ0n) is 12.8. The van der Waals surface area contributed by atoms with Gasteiger partial charge in [0.1, 0.15) is 5.75 Å². The van der Waals surface area contributed by atoms with Gasteiger partial charge in [0.05, 0.1) is 19.5 Å². The van der Waals surface area contributed by atoms with Crippen molar-refractivity contribution in [2.45, 2.75) is 19.8 Å². The predicted molar refractivity (Wildman–Crippen MR) is 83.5 cm³/mol. The lowest BCUT2D eigenvalue weighted by Gasteiger charge is -2.17. The Kier molecular flexibility index (Phi) is 5.42. The summed E-state index contributed by atoms with van der Waals surface area (Å²) in [6, 6.07) is 7.34. The fourth-order valence-electron chi connectivity index (χ4n) is 2.30. The highest BCUT2D eigenvalue weighted by Gasteiger charge is 2.31. The van der Waals surface area contributed by atoms with Crippen LogP contribution in [0.2, 0.25) is 0 Å². The summed E-state index contributed by atoms with van der Waals surface area (Å²) in [7, 11) is -3.47. The number of amides is 1. The molecule has 0 spiro atoms. The van der Waals surface area contributed by atoms with E-state index >= 15 is 0 Å². The Morgan fingerprint density at radius 1 is 1.27 bits per heavy atom. The third kappa shape index (κ3) is 4.71. The minimum absolute atomic E-state index is 0.0238. The summed E-state index contributed by atoms with van der Waals surface area (Å²) in [5.74, 6) is 0.636. The van der Waals surface area contributed by atoms with Crippen LogP contribution in [0.5, 0.6) is 5.75 Å². The molecule has 1 aromatic rings. The monoisotopic (exact) mass is 327 g/mol. The van der Waals surface area contributed by atoms with Gasteiger partial charge in [0.25, 0.3) is 10.1 Å². The molecular weight excluding hydrogens is 306 g/mol. The van der Waals surface area contributed by atoms with Gasteiger partial charge >= 0.3 is 0 Å². The summed E-state index contributed by atoms with van der Waals surface area (Å²) < 4.78 is 32.3. The molecule has 1 aliphatic heterocycles. The van der Waals surface area contributed by atoms with Crippen LogP contribution in [0, 0.1) is 5.92 Å². The van der Waals surface area contributed by atoms with Crippen molar-refractivity contribution in [2.75, 3.05) is 30.9 Å². The van der Waals surface area contributed by atoms with E-state index in [4.69, 9.17) is 8.92 Å². The normalized spacial score (nSPS) is 18.7. The minimum Gasteiger partial charge on any atom is -0.494 e. The highest BCUT2D eigenvalue weighted by atomic mass is 32.2. The van der Waals surface area contributed by atoms with Crippen molar-refractivity contribution < 1.29 is 22.1 Å². The Morgan fingerprint density at radius 3 is 2.55 bits per heavy atom. The third-order valence-corrected chi connectivity index (χ3v) is 3.91. The minimum atomic E-state index is -3.47. The van der Waals surface area contributed by atoms with Crippen LogP contribution < -0.4 is 9.64 Å². The first-order valence-corrected chi connectivity index (χ1v) is 9.08. The van der Waals surface area contributed by atoms with E-state index in [9.17, 15) is 13.2 Å². The zero-order valence-corrected chi connectivity index (χ0v) is 13.6. The first kappa shape index (κ1) is 16.8. The SMILES string of the molecule is CCCOc1ccc(N2CC(COS(C)(=O)=O)CC2=O)cc1. The van der Waals surface area contributed by atoms with Crippen molar-refractivity contribution >= 4 is 21.7 Å². The molecule has 0 saturated carbocycles. The summed E-state index contributed by atoms with van der Waals surface area (Å²) in [4.78, 5) is 13.7. The second-order valence-electron chi connectivity index (χ2n) is 5.41.